The number of carbonyl (C=O) groups excluding carboxylic acids is 1. The van der Waals surface area contributed by atoms with E-state index in [1.54, 1.807) is 0 Å². The van der Waals surface area contributed by atoms with Gasteiger partial charge < -0.3 is 20.5 Å². The summed E-state index contributed by atoms with van der Waals surface area (Å²) in [5.74, 6) is 0.758. The Morgan fingerprint density at radius 3 is 2.48 bits per heavy atom. The molecule has 0 fully saturated rings. The second-order valence-electron chi connectivity index (χ2n) is 6.62. The quantitative estimate of drug-likeness (QED) is 0.594. The zero-order valence-corrected chi connectivity index (χ0v) is 15.1. The van der Waals surface area contributed by atoms with Gasteiger partial charge in [0.05, 0.1) is 11.0 Å². The molecule has 142 valence electrons. The van der Waals surface area contributed by atoms with E-state index in [9.17, 15) is 14.9 Å². The third-order valence-electron chi connectivity index (χ3n) is 4.38. The number of benzene rings is 2. The smallest absolute Gasteiger partial charge is 0.293 e. The van der Waals surface area contributed by atoms with Crippen LogP contribution in [0.4, 0.5) is 11.4 Å². The maximum atomic E-state index is 11.5. The molecule has 0 aliphatic carbocycles. The highest BCUT2D eigenvalue weighted by atomic mass is 16.6. The Labute approximate surface area is 156 Å². The SMILES string of the molecule is CC(C)[C@H](Nc1ccc(C(N)=O)cc1[N+](=O)[O-])c1ccc2c(c1)OCCO2. The average Bonchev–Trinajstić information content (AvgIpc) is 2.65. The lowest BCUT2D eigenvalue weighted by atomic mass is 9.95. The number of nitro benzene ring substituents is 1. The van der Waals surface area contributed by atoms with Crippen molar-refractivity contribution in [3.05, 3.63) is 57.6 Å². The lowest BCUT2D eigenvalue weighted by molar-refractivity contribution is -0.384. The van der Waals surface area contributed by atoms with Crippen molar-refractivity contribution in [1.82, 2.24) is 0 Å². The molecule has 1 amide bonds. The summed E-state index contributed by atoms with van der Waals surface area (Å²) in [6.45, 7) is 5.02. The van der Waals surface area contributed by atoms with E-state index in [1.807, 2.05) is 32.0 Å². The van der Waals surface area contributed by atoms with Crippen LogP contribution in [0.2, 0.25) is 0 Å². The predicted octanol–water partition coefficient (Wildman–Crippen LogP) is 3.27. The van der Waals surface area contributed by atoms with Gasteiger partial charge in [-0.25, -0.2) is 0 Å². The van der Waals surface area contributed by atoms with Crippen molar-refractivity contribution < 1.29 is 19.2 Å². The van der Waals surface area contributed by atoms with Gasteiger partial charge in [-0.05, 0) is 35.7 Å². The first-order valence-electron chi connectivity index (χ1n) is 8.61. The van der Waals surface area contributed by atoms with Crippen molar-refractivity contribution in [3.63, 3.8) is 0 Å². The molecule has 0 aromatic heterocycles. The van der Waals surface area contributed by atoms with Gasteiger partial charge in [0.1, 0.15) is 18.9 Å². The second kappa shape index (κ2) is 7.53. The fourth-order valence-electron chi connectivity index (χ4n) is 3.01. The number of nitrogens with two attached hydrogens (primary N) is 1. The molecule has 1 aliphatic heterocycles. The molecule has 1 heterocycles. The summed E-state index contributed by atoms with van der Waals surface area (Å²) in [7, 11) is 0. The first kappa shape index (κ1) is 18.5. The van der Waals surface area contributed by atoms with E-state index in [4.69, 9.17) is 15.2 Å². The first-order valence-corrected chi connectivity index (χ1v) is 8.61. The monoisotopic (exact) mass is 371 g/mol. The third-order valence-corrected chi connectivity index (χ3v) is 4.38. The molecular formula is C19H21N3O5. The second-order valence-corrected chi connectivity index (χ2v) is 6.62. The third kappa shape index (κ3) is 3.94. The van der Waals surface area contributed by atoms with E-state index in [2.05, 4.69) is 5.32 Å². The molecule has 0 spiro atoms. The summed E-state index contributed by atoms with van der Waals surface area (Å²) in [5, 5.41) is 14.7. The van der Waals surface area contributed by atoms with E-state index in [0.717, 1.165) is 5.56 Å². The molecule has 0 radical (unpaired) electrons. The summed E-state index contributed by atoms with van der Waals surface area (Å²) >= 11 is 0. The van der Waals surface area contributed by atoms with E-state index in [-0.39, 0.29) is 23.2 Å². The molecule has 3 rings (SSSR count). The number of anilines is 1. The van der Waals surface area contributed by atoms with Gasteiger partial charge in [0.2, 0.25) is 5.91 Å². The Morgan fingerprint density at radius 1 is 1.15 bits per heavy atom. The number of rotatable bonds is 6. The number of hydrogen-bond donors (Lipinski definition) is 2. The van der Waals surface area contributed by atoms with Crippen molar-refractivity contribution in [2.24, 2.45) is 11.7 Å². The van der Waals surface area contributed by atoms with Crippen LogP contribution in [-0.2, 0) is 0 Å². The first-order chi connectivity index (χ1) is 12.9. The molecule has 1 atom stereocenters. The van der Waals surface area contributed by atoms with Crippen molar-refractivity contribution in [2.75, 3.05) is 18.5 Å². The molecule has 1 aliphatic rings. The summed E-state index contributed by atoms with van der Waals surface area (Å²) < 4.78 is 11.2. The minimum atomic E-state index is -0.711. The molecule has 8 heteroatoms. The number of fused-ring (bicyclic) bond motifs is 1. The summed E-state index contributed by atoms with van der Waals surface area (Å²) in [6.07, 6.45) is 0. The van der Waals surface area contributed by atoms with Gasteiger partial charge in [-0.2, -0.15) is 0 Å². The van der Waals surface area contributed by atoms with Crippen LogP contribution in [-0.4, -0.2) is 24.0 Å². The minimum absolute atomic E-state index is 0.0904. The number of nitro groups is 1. The van der Waals surface area contributed by atoms with Crippen LogP contribution in [0, 0.1) is 16.0 Å². The topological polar surface area (TPSA) is 117 Å². The van der Waals surface area contributed by atoms with Crippen LogP contribution in [0.1, 0.15) is 35.8 Å². The highest BCUT2D eigenvalue weighted by molar-refractivity contribution is 5.94. The highest BCUT2D eigenvalue weighted by Gasteiger charge is 2.24. The maximum Gasteiger partial charge on any atom is 0.293 e. The van der Waals surface area contributed by atoms with Crippen LogP contribution in [0.5, 0.6) is 11.5 Å². The van der Waals surface area contributed by atoms with Gasteiger partial charge in [-0.3, -0.25) is 14.9 Å². The van der Waals surface area contributed by atoms with Gasteiger partial charge in [0.15, 0.2) is 11.5 Å². The number of amides is 1. The van der Waals surface area contributed by atoms with Crippen LogP contribution in [0.3, 0.4) is 0 Å². The molecule has 0 bridgehead atoms. The normalized spacial score (nSPS) is 13.9. The Bertz CT molecular complexity index is 882. The van der Waals surface area contributed by atoms with Crippen molar-refractivity contribution in [2.45, 2.75) is 19.9 Å². The molecule has 8 nitrogen and oxygen atoms in total. The van der Waals surface area contributed by atoms with Gasteiger partial charge >= 0.3 is 0 Å². The fourth-order valence-corrected chi connectivity index (χ4v) is 3.01. The van der Waals surface area contributed by atoms with Crippen LogP contribution in [0.15, 0.2) is 36.4 Å². The van der Waals surface area contributed by atoms with E-state index >= 15 is 0 Å². The molecule has 0 saturated carbocycles. The molecule has 0 unspecified atom stereocenters. The maximum absolute atomic E-state index is 11.5. The summed E-state index contributed by atoms with van der Waals surface area (Å²) in [5.41, 5.74) is 6.36. The Kier molecular flexibility index (Phi) is 5.16. The van der Waals surface area contributed by atoms with Crippen molar-refractivity contribution in [3.8, 4) is 11.5 Å². The Balaban J connectivity index is 1.95. The van der Waals surface area contributed by atoms with E-state index in [1.165, 1.54) is 18.2 Å². The lowest BCUT2D eigenvalue weighted by Crippen LogP contribution is -2.20. The lowest BCUT2D eigenvalue weighted by Gasteiger charge is -2.26. The Morgan fingerprint density at radius 2 is 1.85 bits per heavy atom. The van der Waals surface area contributed by atoms with Gasteiger partial charge in [0, 0.05) is 11.6 Å². The van der Waals surface area contributed by atoms with Crippen molar-refractivity contribution in [1.29, 1.82) is 0 Å². The standard InChI is InChI=1S/C19H21N3O5/c1-11(2)18(12-4-6-16-17(10-12)27-8-7-26-16)21-14-5-3-13(19(20)23)9-15(14)22(24)25/h3-6,9-11,18,21H,7-8H2,1-2H3,(H2,20,23)/t18-/m0/s1. The zero-order chi connectivity index (χ0) is 19.6. The van der Waals surface area contributed by atoms with Gasteiger partial charge in [0.25, 0.3) is 5.69 Å². The molecular weight excluding hydrogens is 350 g/mol. The van der Waals surface area contributed by atoms with Crippen molar-refractivity contribution >= 4 is 17.3 Å². The zero-order valence-electron chi connectivity index (χ0n) is 15.1. The number of primary amides is 1. The van der Waals surface area contributed by atoms with Crippen LogP contribution in [0.25, 0.3) is 0 Å². The summed E-state index contributed by atoms with van der Waals surface area (Å²) in [6, 6.07) is 9.59. The summed E-state index contributed by atoms with van der Waals surface area (Å²) in [4.78, 5) is 22.2. The number of nitrogens with one attached hydrogen (secondary N) is 1. The molecule has 0 saturated heterocycles. The van der Waals surface area contributed by atoms with Crippen LogP contribution >= 0.6 is 0 Å². The molecule has 2 aromatic carbocycles. The highest BCUT2D eigenvalue weighted by Crippen LogP contribution is 2.37. The number of hydrogen-bond acceptors (Lipinski definition) is 6. The number of nitrogens with zero attached hydrogens (tertiary/aromatic N) is 1. The fraction of sp³-hybridized carbons (Fsp3) is 0.316. The van der Waals surface area contributed by atoms with Gasteiger partial charge in [-0.1, -0.05) is 19.9 Å². The number of ether oxygens (including phenoxy) is 2. The average molecular weight is 371 g/mol. The molecule has 2 aromatic rings. The van der Waals surface area contributed by atoms with Crippen LogP contribution < -0.4 is 20.5 Å². The Hall–Kier alpha value is -3.29. The molecule has 3 N–H and O–H groups in total. The van der Waals surface area contributed by atoms with Gasteiger partial charge in [-0.15, -0.1) is 0 Å². The molecule has 27 heavy (non-hydrogen) atoms. The van der Waals surface area contributed by atoms with E-state index < -0.39 is 10.8 Å². The predicted molar refractivity (Wildman–Crippen MR) is 100 cm³/mol. The van der Waals surface area contributed by atoms with E-state index in [0.29, 0.717) is 30.4 Å². The largest absolute Gasteiger partial charge is 0.486 e. The number of carbonyl (C=O) groups is 1. The minimum Gasteiger partial charge on any atom is -0.486 e.